The van der Waals surface area contributed by atoms with Crippen molar-refractivity contribution >= 4 is 5.91 Å². The van der Waals surface area contributed by atoms with Gasteiger partial charge in [0.1, 0.15) is 5.75 Å². The molecule has 2 N–H and O–H groups in total. The number of aliphatic hydroxyl groups excluding tert-OH is 1. The van der Waals surface area contributed by atoms with Gasteiger partial charge in [-0.3, -0.25) is 4.79 Å². The second-order valence-electron chi connectivity index (χ2n) is 8.74. The molecule has 0 heterocycles. The number of aliphatic hydroxyl groups is 1. The lowest BCUT2D eigenvalue weighted by atomic mass is 9.78. The second-order valence-corrected chi connectivity index (χ2v) is 8.74. The molecule has 0 aliphatic rings. The van der Waals surface area contributed by atoms with Crippen molar-refractivity contribution < 1.29 is 15.0 Å². The topological polar surface area (TPSA) is 60.8 Å². The molecule has 0 atom stereocenters. The van der Waals surface area contributed by atoms with E-state index in [1.807, 2.05) is 19.1 Å². The van der Waals surface area contributed by atoms with Crippen molar-refractivity contribution in [2.75, 3.05) is 19.7 Å². The third-order valence-electron chi connectivity index (χ3n) is 4.52. The highest BCUT2D eigenvalue weighted by Crippen LogP contribution is 2.39. The van der Waals surface area contributed by atoms with E-state index in [0.29, 0.717) is 31.7 Å². The lowest BCUT2D eigenvalue weighted by molar-refractivity contribution is -0.131. The van der Waals surface area contributed by atoms with Crippen molar-refractivity contribution in [2.45, 2.75) is 72.1 Å². The van der Waals surface area contributed by atoms with Crippen molar-refractivity contribution in [3.05, 3.63) is 28.8 Å². The van der Waals surface area contributed by atoms with Gasteiger partial charge in [0.15, 0.2) is 0 Å². The fourth-order valence-electron chi connectivity index (χ4n) is 2.97. The molecule has 0 bridgehead atoms. The summed E-state index contributed by atoms with van der Waals surface area (Å²) in [5.41, 5.74) is 2.57. The molecule has 0 saturated carbocycles. The Morgan fingerprint density at radius 2 is 1.52 bits per heavy atom. The van der Waals surface area contributed by atoms with E-state index >= 15 is 0 Å². The van der Waals surface area contributed by atoms with Gasteiger partial charge in [0.25, 0.3) is 0 Å². The van der Waals surface area contributed by atoms with Crippen LogP contribution in [-0.4, -0.2) is 40.7 Å². The Morgan fingerprint density at radius 1 is 1.04 bits per heavy atom. The molecular weight excluding hydrogens is 314 g/mol. The lowest BCUT2D eigenvalue weighted by Crippen LogP contribution is -2.33. The summed E-state index contributed by atoms with van der Waals surface area (Å²) in [5.74, 6) is 0.421. The van der Waals surface area contributed by atoms with E-state index in [1.165, 1.54) is 0 Å². The zero-order chi connectivity index (χ0) is 19.4. The fraction of sp³-hybridized carbons (Fsp3) is 0.667. The number of phenolic OH excluding ortho intramolecular Hbond substituents is 1. The molecule has 4 nitrogen and oxygen atoms in total. The number of phenols is 1. The highest BCUT2D eigenvalue weighted by atomic mass is 16.3. The van der Waals surface area contributed by atoms with Crippen molar-refractivity contribution in [2.24, 2.45) is 0 Å². The monoisotopic (exact) mass is 349 g/mol. The molecule has 1 rings (SSSR count). The fourth-order valence-corrected chi connectivity index (χ4v) is 2.97. The van der Waals surface area contributed by atoms with E-state index in [4.69, 9.17) is 5.11 Å². The maximum Gasteiger partial charge on any atom is 0.222 e. The molecule has 4 heteroatoms. The second kappa shape index (κ2) is 8.22. The minimum absolute atomic E-state index is 0.0128. The Kier molecular flexibility index (Phi) is 7.07. The molecule has 0 aliphatic carbocycles. The number of likely N-dealkylation sites (N-methyl/N-ethyl adjacent to an activating group) is 1. The molecule has 0 unspecified atom stereocenters. The Bertz CT molecular complexity index is 559. The molecular formula is C21H35NO3. The number of aryl methyl sites for hydroxylation is 1. The zero-order valence-electron chi connectivity index (χ0n) is 16.9. The van der Waals surface area contributed by atoms with E-state index in [0.717, 1.165) is 16.7 Å². The Balaban J connectivity index is 3.14. The molecule has 25 heavy (non-hydrogen) atoms. The van der Waals surface area contributed by atoms with Crippen molar-refractivity contribution in [3.8, 4) is 5.75 Å². The molecule has 0 aromatic heterocycles. The number of hydrogen-bond donors (Lipinski definition) is 2. The number of hydrogen-bond acceptors (Lipinski definition) is 3. The highest BCUT2D eigenvalue weighted by molar-refractivity contribution is 5.76. The smallest absolute Gasteiger partial charge is 0.222 e. The summed E-state index contributed by atoms with van der Waals surface area (Å²) in [4.78, 5) is 14.0. The van der Waals surface area contributed by atoms with Gasteiger partial charge in [-0.05, 0) is 40.9 Å². The predicted molar refractivity (Wildman–Crippen MR) is 103 cm³/mol. The lowest BCUT2D eigenvalue weighted by Gasteiger charge is -2.28. The summed E-state index contributed by atoms with van der Waals surface area (Å²) in [6, 6.07) is 4.06. The first-order valence-electron chi connectivity index (χ1n) is 9.17. The summed E-state index contributed by atoms with van der Waals surface area (Å²) in [6.45, 7) is 15.4. The van der Waals surface area contributed by atoms with Crippen molar-refractivity contribution in [1.82, 2.24) is 4.90 Å². The number of benzene rings is 1. The highest BCUT2D eigenvalue weighted by Gasteiger charge is 2.26. The largest absolute Gasteiger partial charge is 0.507 e. The number of carbonyl (C=O) groups is 1. The van der Waals surface area contributed by atoms with Gasteiger partial charge in [0, 0.05) is 19.5 Å². The van der Waals surface area contributed by atoms with Crippen LogP contribution in [0.4, 0.5) is 0 Å². The summed E-state index contributed by atoms with van der Waals surface area (Å²) >= 11 is 0. The van der Waals surface area contributed by atoms with E-state index in [9.17, 15) is 9.90 Å². The van der Waals surface area contributed by atoms with Crippen LogP contribution in [0, 0.1) is 0 Å². The van der Waals surface area contributed by atoms with E-state index in [1.54, 1.807) is 4.90 Å². The van der Waals surface area contributed by atoms with Crippen molar-refractivity contribution in [3.63, 3.8) is 0 Å². The summed E-state index contributed by atoms with van der Waals surface area (Å²) in [6.07, 6.45) is 1.04. The molecule has 1 aromatic rings. The third-order valence-corrected chi connectivity index (χ3v) is 4.52. The van der Waals surface area contributed by atoms with Gasteiger partial charge in [-0.1, -0.05) is 53.7 Å². The van der Waals surface area contributed by atoms with Gasteiger partial charge in [-0.25, -0.2) is 0 Å². The first-order chi connectivity index (χ1) is 11.4. The average Bonchev–Trinajstić information content (AvgIpc) is 2.48. The first-order valence-corrected chi connectivity index (χ1v) is 9.17. The summed E-state index contributed by atoms with van der Waals surface area (Å²) < 4.78 is 0. The van der Waals surface area contributed by atoms with Gasteiger partial charge < -0.3 is 15.1 Å². The Morgan fingerprint density at radius 3 is 1.88 bits per heavy atom. The van der Waals surface area contributed by atoms with Gasteiger partial charge in [-0.2, -0.15) is 0 Å². The van der Waals surface area contributed by atoms with Crippen LogP contribution < -0.4 is 0 Å². The van der Waals surface area contributed by atoms with E-state index < -0.39 is 0 Å². The molecule has 1 amide bonds. The van der Waals surface area contributed by atoms with Crippen LogP contribution in [0.2, 0.25) is 0 Å². The number of nitrogens with zero attached hydrogens (tertiary/aromatic N) is 1. The molecule has 0 aliphatic heterocycles. The number of amides is 1. The van der Waals surface area contributed by atoms with Crippen LogP contribution in [0.5, 0.6) is 5.75 Å². The van der Waals surface area contributed by atoms with Crippen LogP contribution >= 0.6 is 0 Å². The van der Waals surface area contributed by atoms with Crippen LogP contribution in [-0.2, 0) is 22.0 Å². The quantitative estimate of drug-likeness (QED) is 0.822. The van der Waals surface area contributed by atoms with Crippen LogP contribution in [0.15, 0.2) is 12.1 Å². The maximum absolute atomic E-state index is 12.3. The van der Waals surface area contributed by atoms with Crippen molar-refractivity contribution in [1.29, 1.82) is 0 Å². The summed E-state index contributed by atoms with van der Waals surface area (Å²) in [7, 11) is 0. The normalized spacial score (nSPS) is 12.3. The molecule has 0 fully saturated rings. The standard InChI is InChI=1S/C21H35NO3/c1-8-22(11-12-23)18(24)10-9-15-13-16(20(2,3)4)19(25)17(14-15)21(5,6)7/h13-14,23,25H,8-12H2,1-7H3. The molecule has 0 saturated heterocycles. The van der Waals surface area contributed by atoms with Gasteiger partial charge in [-0.15, -0.1) is 0 Å². The minimum atomic E-state index is -0.170. The average molecular weight is 350 g/mol. The maximum atomic E-state index is 12.3. The van der Waals surface area contributed by atoms with Crippen LogP contribution in [0.1, 0.15) is 71.6 Å². The van der Waals surface area contributed by atoms with Gasteiger partial charge in [0.05, 0.1) is 6.61 Å². The summed E-state index contributed by atoms with van der Waals surface area (Å²) in [5, 5.41) is 19.8. The van der Waals surface area contributed by atoms with Gasteiger partial charge in [0.2, 0.25) is 5.91 Å². The van der Waals surface area contributed by atoms with Crippen LogP contribution in [0.3, 0.4) is 0 Å². The van der Waals surface area contributed by atoms with Gasteiger partial charge >= 0.3 is 0 Å². The molecule has 1 aromatic carbocycles. The minimum Gasteiger partial charge on any atom is -0.507 e. The third kappa shape index (κ3) is 5.74. The Labute approximate surface area is 152 Å². The van der Waals surface area contributed by atoms with E-state index in [2.05, 4.69) is 41.5 Å². The molecule has 0 radical (unpaired) electrons. The number of aromatic hydroxyl groups is 1. The zero-order valence-corrected chi connectivity index (χ0v) is 16.9. The Hall–Kier alpha value is -1.55. The van der Waals surface area contributed by atoms with Crippen LogP contribution in [0.25, 0.3) is 0 Å². The first kappa shape index (κ1) is 21.5. The SMILES string of the molecule is CCN(CCO)C(=O)CCc1cc(C(C)(C)C)c(O)c(C(C)(C)C)c1. The van der Waals surface area contributed by atoms with E-state index in [-0.39, 0.29) is 23.3 Å². The molecule has 142 valence electrons. The predicted octanol–water partition coefficient (Wildman–Crippen LogP) is 3.76. The molecule has 0 spiro atoms. The number of rotatable bonds is 6. The number of carbonyl (C=O) groups excluding carboxylic acids is 1.